The quantitative estimate of drug-likeness (QED) is 0.393. The molecule has 3 rings (SSSR count). The van der Waals surface area contributed by atoms with Crippen molar-refractivity contribution >= 4 is 11.6 Å². The first kappa shape index (κ1) is 22.9. The van der Waals surface area contributed by atoms with Crippen molar-refractivity contribution in [1.29, 1.82) is 0 Å². The second kappa shape index (κ2) is 10.0. The summed E-state index contributed by atoms with van der Waals surface area (Å²) < 4.78 is 7.36. The summed E-state index contributed by atoms with van der Waals surface area (Å²) in [5.41, 5.74) is 2.49. The van der Waals surface area contributed by atoms with Crippen LogP contribution in [-0.2, 0) is 11.3 Å². The third-order valence-corrected chi connectivity index (χ3v) is 5.51. The van der Waals surface area contributed by atoms with Crippen molar-refractivity contribution < 1.29 is 14.5 Å². The molecule has 1 amide bonds. The zero-order chi connectivity index (χ0) is 22.5. The smallest absolute Gasteiger partial charge is 0.312 e. The molecule has 0 spiro atoms. The predicted octanol–water partition coefficient (Wildman–Crippen LogP) is 2.69. The van der Waals surface area contributed by atoms with E-state index in [0.29, 0.717) is 30.0 Å². The number of morpholine rings is 1. The van der Waals surface area contributed by atoms with Crippen LogP contribution in [-0.4, -0.2) is 63.9 Å². The molecule has 1 N–H and O–H groups in total. The van der Waals surface area contributed by atoms with Gasteiger partial charge >= 0.3 is 5.69 Å². The summed E-state index contributed by atoms with van der Waals surface area (Å²) in [4.78, 5) is 25.5. The Hall–Kier alpha value is -2.78. The van der Waals surface area contributed by atoms with Crippen LogP contribution in [0.2, 0.25) is 0 Å². The molecule has 0 radical (unpaired) electrons. The van der Waals surface area contributed by atoms with Crippen LogP contribution in [0, 0.1) is 24.0 Å². The topological polar surface area (TPSA) is 103 Å². The summed E-state index contributed by atoms with van der Waals surface area (Å²) in [6.45, 7) is 11.3. The Morgan fingerprint density at radius 2 is 1.87 bits per heavy atom. The van der Waals surface area contributed by atoms with Crippen molar-refractivity contribution in [2.24, 2.45) is 0 Å². The van der Waals surface area contributed by atoms with E-state index in [2.05, 4.69) is 29.2 Å². The van der Waals surface area contributed by atoms with Crippen LogP contribution in [0.3, 0.4) is 0 Å². The van der Waals surface area contributed by atoms with E-state index in [1.54, 1.807) is 30.7 Å². The first-order chi connectivity index (χ1) is 14.7. The molecular weight excluding hydrogens is 398 g/mol. The van der Waals surface area contributed by atoms with E-state index < -0.39 is 4.92 Å². The average molecular weight is 430 g/mol. The summed E-state index contributed by atoms with van der Waals surface area (Å²) in [6, 6.07) is 7.26. The highest BCUT2D eigenvalue weighted by Gasteiger charge is 2.22. The number of carbonyl (C=O) groups is 1. The van der Waals surface area contributed by atoms with Gasteiger partial charge in [-0.05, 0) is 51.8 Å². The van der Waals surface area contributed by atoms with Crippen molar-refractivity contribution in [2.45, 2.75) is 52.9 Å². The van der Waals surface area contributed by atoms with Crippen molar-refractivity contribution in [3.8, 4) is 0 Å². The lowest BCUT2D eigenvalue weighted by Crippen LogP contribution is -2.46. The number of ether oxygens (including phenoxy) is 1. The molecule has 2 aromatic rings. The fourth-order valence-electron chi connectivity index (χ4n) is 4.11. The van der Waals surface area contributed by atoms with E-state index in [0.717, 1.165) is 31.6 Å². The first-order valence-corrected chi connectivity index (χ1v) is 10.7. The predicted molar refractivity (Wildman–Crippen MR) is 117 cm³/mol. The number of nitro groups is 1. The molecule has 9 nitrogen and oxygen atoms in total. The number of amides is 1. The molecule has 9 heteroatoms. The SMILES string of the molecule is Cc1nn(Cc2ccc(C(=O)NCCCN3C[C@@H](C)O[C@@H](C)C3)cc2)c(C)c1[N+](=O)[O-]. The molecule has 0 bridgehead atoms. The van der Waals surface area contributed by atoms with E-state index in [9.17, 15) is 14.9 Å². The largest absolute Gasteiger partial charge is 0.373 e. The third-order valence-electron chi connectivity index (χ3n) is 5.51. The number of nitrogens with one attached hydrogen (secondary N) is 1. The van der Waals surface area contributed by atoms with Gasteiger partial charge in [0.1, 0.15) is 11.4 Å². The number of nitrogens with zero attached hydrogens (tertiary/aromatic N) is 4. The molecule has 0 aliphatic carbocycles. The van der Waals surface area contributed by atoms with Gasteiger partial charge in [0.25, 0.3) is 5.91 Å². The molecule has 168 valence electrons. The highest BCUT2D eigenvalue weighted by molar-refractivity contribution is 5.94. The molecule has 31 heavy (non-hydrogen) atoms. The van der Waals surface area contributed by atoms with Gasteiger partial charge in [-0.2, -0.15) is 5.10 Å². The van der Waals surface area contributed by atoms with Gasteiger partial charge in [-0.1, -0.05) is 12.1 Å². The van der Waals surface area contributed by atoms with Crippen LogP contribution < -0.4 is 5.32 Å². The van der Waals surface area contributed by atoms with Gasteiger partial charge in [-0.3, -0.25) is 24.5 Å². The summed E-state index contributed by atoms with van der Waals surface area (Å²) in [5, 5.41) is 18.4. The lowest BCUT2D eigenvalue weighted by Gasteiger charge is -2.35. The van der Waals surface area contributed by atoms with E-state index in [4.69, 9.17) is 4.74 Å². The molecule has 1 aliphatic rings. The molecular formula is C22H31N5O4. The second-order valence-electron chi connectivity index (χ2n) is 8.26. The number of aromatic nitrogens is 2. The molecule has 1 aliphatic heterocycles. The van der Waals surface area contributed by atoms with Crippen molar-refractivity contribution in [3.63, 3.8) is 0 Å². The minimum atomic E-state index is -0.401. The van der Waals surface area contributed by atoms with E-state index >= 15 is 0 Å². The molecule has 1 aromatic heterocycles. The summed E-state index contributed by atoms with van der Waals surface area (Å²) in [6.07, 6.45) is 1.38. The van der Waals surface area contributed by atoms with Crippen LogP contribution in [0.5, 0.6) is 0 Å². The van der Waals surface area contributed by atoms with Gasteiger partial charge in [0.2, 0.25) is 0 Å². The lowest BCUT2D eigenvalue weighted by atomic mass is 10.1. The third kappa shape index (κ3) is 5.89. The Bertz CT molecular complexity index is 915. The highest BCUT2D eigenvalue weighted by Crippen LogP contribution is 2.22. The van der Waals surface area contributed by atoms with Crippen LogP contribution >= 0.6 is 0 Å². The van der Waals surface area contributed by atoms with Crippen molar-refractivity contribution in [1.82, 2.24) is 20.0 Å². The highest BCUT2D eigenvalue weighted by atomic mass is 16.6. The monoisotopic (exact) mass is 429 g/mol. The maximum atomic E-state index is 12.4. The van der Waals surface area contributed by atoms with Crippen LogP contribution in [0.1, 0.15) is 47.6 Å². The number of benzene rings is 1. The molecule has 2 atom stereocenters. The van der Waals surface area contributed by atoms with Crippen molar-refractivity contribution in [2.75, 3.05) is 26.2 Å². The zero-order valence-corrected chi connectivity index (χ0v) is 18.6. The van der Waals surface area contributed by atoms with Crippen LogP contribution in [0.15, 0.2) is 24.3 Å². The standard InChI is InChI=1S/C22H31N5O4/c1-15-12-25(13-16(2)31-15)11-5-10-23-22(28)20-8-6-19(7-9-20)14-26-18(4)21(27(29)30)17(3)24-26/h6-9,15-16H,5,10-14H2,1-4H3,(H,23,28)/t15-,16+. The first-order valence-electron chi connectivity index (χ1n) is 10.7. The number of rotatable bonds is 8. The molecule has 1 fully saturated rings. The number of hydrogen-bond donors (Lipinski definition) is 1. The molecule has 2 heterocycles. The van der Waals surface area contributed by atoms with Crippen LogP contribution in [0.25, 0.3) is 0 Å². The summed E-state index contributed by atoms with van der Waals surface area (Å²) >= 11 is 0. The lowest BCUT2D eigenvalue weighted by molar-refractivity contribution is -0.386. The fraction of sp³-hybridized carbons (Fsp3) is 0.545. The molecule has 0 saturated carbocycles. The Morgan fingerprint density at radius 3 is 2.45 bits per heavy atom. The molecule has 1 aromatic carbocycles. The fourth-order valence-corrected chi connectivity index (χ4v) is 4.11. The summed E-state index contributed by atoms with van der Waals surface area (Å²) in [5.74, 6) is -0.1000. The van der Waals surface area contributed by atoms with E-state index in [-0.39, 0.29) is 23.8 Å². The number of carbonyl (C=O) groups excluding carboxylic acids is 1. The molecule has 1 saturated heterocycles. The Kier molecular flexibility index (Phi) is 7.40. The number of aryl methyl sites for hydroxylation is 1. The van der Waals surface area contributed by atoms with E-state index in [1.165, 1.54) is 0 Å². The van der Waals surface area contributed by atoms with Crippen LogP contribution in [0.4, 0.5) is 5.69 Å². The normalized spacial score (nSPS) is 19.4. The maximum absolute atomic E-state index is 12.4. The minimum absolute atomic E-state index is 0.0528. The van der Waals surface area contributed by atoms with Crippen molar-refractivity contribution in [3.05, 3.63) is 56.9 Å². The maximum Gasteiger partial charge on any atom is 0.312 e. The van der Waals surface area contributed by atoms with E-state index in [1.807, 2.05) is 12.1 Å². The van der Waals surface area contributed by atoms with Gasteiger partial charge < -0.3 is 10.1 Å². The van der Waals surface area contributed by atoms with Gasteiger partial charge in [-0.25, -0.2) is 0 Å². The number of hydrogen-bond acceptors (Lipinski definition) is 6. The van der Waals surface area contributed by atoms with Gasteiger partial charge in [0.05, 0.1) is 23.7 Å². The Labute approximate surface area is 182 Å². The van der Waals surface area contributed by atoms with Gasteiger partial charge in [-0.15, -0.1) is 0 Å². The Morgan fingerprint density at radius 1 is 1.23 bits per heavy atom. The molecule has 0 unspecified atom stereocenters. The summed E-state index contributed by atoms with van der Waals surface area (Å²) in [7, 11) is 0. The average Bonchev–Trinajstić information content (AvgIpc) is 2.98. The van der Waals surface area contributed by atoms with Gasteiger partial charge in [0, 0.05) is 31.7 Å². The Balaban J connectivity index is 1.48. The zero-order valence-electron chi connectivity index (χ0n) is 18.6. The van der Waals surface area contributed by atoms with Gasteiger partial charge in [0.15, 0.2) is 0 Å². The second-order valence-corrected chi connectivity index (χ2v) is 8.26. The minimum Gasteiger partial charge on any atom is -0.373 e.